The molecule has 19 heavy (non-hydrogen) atoms. The summed E-state index contributed by atoms with van der Waals surface area (Å²) in [5, 5.41) is 0. The minimum atomic E-state index is -0.894. The van der Waals surface area contributed by atoms with Crippen molar-refractivity contribution >= 4 is 5.97 Å². The Bertz CT molecular complexity index is 425. The van der Waals surface area contributed by atoms with Crippen LogP contribution in [0.4, 0.5) is 0 Å². The van der Waals surface area contributed by atoms with Gasteiger partial charge in [0.25, 0.3) is 0 Å². The first kappa shape index (κ1) is 15.7. The van der Waals surface area contributed by atoms with Gasteiger partial charge in [0.15, 0.2) is 0 Å². The molecule has 0 spiro atoms. The van der Waals surface area contributed by atoms with Crippen molar-refractivity contribution < 1.29 is 14.3 Å². The highest BCUT2D eigenvalue weighted by molar-refractivity contribution is 5.86. The van der Waals surface area contributed by atoms with Crippen molar-refractivity contribution in [3.63, 3.8) is 0 Å². The molecule has 0 radical (unpaired) electrons. The molecule has 0 amide bonds. The molecule has 0 saturated heterocycles. The zero-order chi connectivity index (χ0) is 14.5. The lowest BCUT2D eigenvalue weighted by Crippen LogP contribution is -2.33. The summed E-state index contributed by atoms with van der Waals surface area (Å²) in [6.45, 7) is 8.16. The van der Waals surface area contributed by atoms with Crippen molar-refractivity contribution in [3.8, 4) is 0 Å². The Morgan fingerprint density at radius 1 is 1.37 bits per heavy atom. The van der Waals surface area contributed by atoms with Crippen molar-refractivity contribution in [1.82, 2.24) is 0 Å². The summed E-state index contributed by atoms with van der Waals surface area (Å²) in [5.41, 5.74) is 3.45. The average Bonchev–Trinajstić information content (AvgIpc) is 2.61. The quantitative estimate of drug-likeness (QED) is 0.539. The standard InChI is InChI=1S/C16H24O3/c1-12(2)7-6-8-13(3)9-10-16(18-5)14(4)11-15(17)19-16/h7,9,11H,6,8,10H2,1-5H3/b13-9+/t16-/m0/s1. The monoisotopic (exact) mass is 264 g/mol. The maximum atomic E-state index is 11.3. The molecular weight excluding hydrogens is 240 g/mol. The van der Waals surface area contributed by atoms with Crippen LogP contribution in [0.2, 0.25) is 0 Å². The van der Waals surface area contributed by atoms with Gasteiger partial charge in [-0.1, -0.05) is 23.3 Å². The number of hydrogen-bond acceptors (Lipinski definition) is 3. The van der Waals surface area contributed by atoms with Crippen LogP contribution in [-0.2, 0) is 14.3 Å². The van der Waals surface area contributed by atoms with Crippen LogP contribution >= 0.6 is 0 Å². The predicted molar refractivity (Wildman–Crippen MR) is 76.6 cm³/mol. The van der Waals surface area contributed by atoms with Crippen molar-refractivity contribution in [2.24, 2.45) is 0 Å². The highest BCUT2D eigenvalue weighted by Crippen LogP contribution is 2.32. The molecule has 0 saturated carbocycles. The molecule has 0 fully saturated rings. The van der Waals surface area contributed by atoms with E-state index in [0.717, 1.165) is 18.4 Å². The molecule has 0 aliphatic carbocycles. The van der Waals surface area contributed by atoms with Gasteiger partial charge in [0, 0.05) is 25.2 Å². The summed E-state index contributed by atoms with van der Waals surface area (Å²) >= 11 is 0. The average molecular weight is 264 g/mol. The molecule has 0 aromatic rings. The lowest BCUT2D eigenvalue weighted by molar-refractivity contribution is -0.190. The minimum Gasteiger partial charge on any atom is -0.425 e. The Labute approximate surface area is 116 Å². The van der Waals surface area contributed by atoms with Crippen LogP contribution in [-0.4, -0.2) is 18.9 Å². The summed E-state index contributed by atoms with van der Waals surface area (Å²) in [6, 6.07) is 0. The summed E-state index contributed by atoms with van der Waals surface area (Å²) in [7, 11) is 1.57. The molecule has 0 bridgehead atoms. The second kappa shape index (κ2) is 6.71. The van der Waals surface area contributed by atoms with Gasteiger partial charge in [-0.2, -0.15) is 0 Å². The second-order valence-electron chi connectivity index (χ2n) is 5.28. The second-order valence-corrected chi connectivity index (χ2v) is 5.28. The van der Waals surface area contributed by atoms with Gasteiger partial charge in [-0.3, -0.25) is 0 Å². The van der Waals surface area contributed by atoms with E-state index in [-0.39, 0.29) is 5.97 Å². The first-order valence-corrected chi connectivity index (χ1v) is 6.65. The molecule has 1 heterocycles. The van der Waals surface area contributed by atoms with E-state index >= 15 is 0 Å². The van der Waals surface area contributed by atoms with Crippen LogP contribution < -0.4 is 0 Å². The van der Waals surface area contributed by atoms with E-state index in [9.17, 15) is 4.79 Å². The molecule has 3 nitrogen and oxygen atoms in total. The van der Waals surface area contributed by atoms with Crippen LogP contribution in [0.3, 0.4) is 0 Å². The number of ether oxygens (including phenoxy) is 2. The summed E-state index contributed by atoms with van der Waals surface area (Å²) < 4.78 is 10.7. The molecule has 1 aliphatic rings. The van der Waals surface area contributed by atoms with Crippen molar-refractivity contribution in [2.45, 2.75) is 52.7 Å². The number of allylic oxidation sites excluding steroid dienone is 3. The highest BCUT2D eigenvalue weighted by Gasteiger charge is 2.40. The number of cyclic esters (lactones) is 1. The summed E-state index contributed by atoms with van der Waals surface area (Å²) in [6.07, 6.45) is 8.44. The number of hydrogen-bond donors (Lipinski definition) is 0. The molecule has 106 valence electrons. The van der Waals surface area contributed by atoms with Crippen LogP contribution in [0, 0.1) is 0 Å². The predicted octanol–water partition coefficient (Wildman–Crippen LogP) is 3.92. The van der Waals surface area contributed by atoms with Gasteiger partial charge in [-0.15, -0.1) is 0 Å². The van der Waals surface area contributed by atoms with Crippen molar-refractivity contribution in [2.75, 3.05) is 7.11 Å². The normalized spacial score (nSPS) is 23.1. The van der Waals surface area contributed by atoms with Gasteiger partial charge in [0.1, 0.15) is 0 Å². The number of carbonyl (C=O) groups is 1. The Hall–Kier alpha value is -1.35. The number of methoxy groups -OCH3 is 1. The van der Waals surface area contributed by atoms with E-state index in [0.29, 0.717) is 6.42 Å². The Balaban J connectivity index is 2.61. The maximum Gasteiger partial charge on any atom is 0.333 e. The van der Waals surface area contributed by atoms with E-state index in [1.807, 2.05) is 6.92 Å². The lowest BCUT2D eigenvalue weighted by Gasteiger charge is -2.27. The Morgan fingerprint density at radius 2 is 2.05 bits per heavy atom. The van der Waals surface area contributed by atoms with Crippen molar-refractivity contribution in [1.29, 1.82) is 0 Å². The summed E-state index contributed by atoms with van der Waals surface area (Å²) in [5.74, 6) is -1.22. The van der Waals surface area contributed by atoms with Crippen molar-refractivity contribution in [3.05, 3.63) is 34.9 Å². The molecule has 1 rings (SSSR count). The zero-order valence-electron chi connectivity index (χ0n) is 12.6. The van der Waals surface area contributed by atoms with Gasteiger partial charge in [0.2, 0.25) is 5.79 Å². The number of esters is 1. The summed E-state index contributed by atoms with van der Waals surface area (Å²) in [4.78, 5) is 11.3. The third-order valence-corrected chi connectivity index (χ3v) is 3.34. The fraction of sp³-hybridized carbons (Fsp3) is 0.562. The maximum absolute atomic E-state index is 11.3. The molecule has 0 N–H and O–H groups in total. The fourth-order valence-corrected chi connectivity index (χ4v) is 2.05. The third kappa shape index (κ3) is 4.35. The molecule has 0 unspecified atom stereocenters. The molecule has 3 heteroatoms. The van der Waals surface area contributed by atoms with E-state index in [2.05, 4.69) is 32.9 Å². The molecule has 0 aromatic heterocycles. The topological polar surface area (TPSA) is 35.5 Å². The van der Waals surface area contributed by atoms with Gasteiger partial charge >= 0.3 is 5.97 Å². The van der Waals surface area contributed by atoms with Gasteiger partial charge < -0.3 is 9.47 Å². The number of rotatable bonds is 6. The van der Waals surface area contributed by atoms with E-state index in [1.165, 1.54) is 17.2 Å². The largest absolute Gasteiger partial charge is 0.425 e. The van der Waals surface area contributed by atoms with Gasteiger partial charge in [-0.05, 0) is 40.5 Å². The number of carbonyl (C=O) groups excluding carboxylic acids is 1. The molecular formula is C16H24O3. The first-order valence-electron chi connectivity index (χ1n) is 6.65. The smallest absolute Gasteiger partial charge is 0.333 e. The fourth-order valence-electron chi connectivity index (χ4n) is 2.05. The highest BCUT2D eigenvalue weighted by atomic mass is 16.7. The first-order chi connectivity index (χ1) is 8.89. The van der Waals surface area contributed by atoms with E-state index < -0.39 is 5.79 Å². The Morgan fingerprint density at radius 3 is 2.53 bits per heavy atom. The zero-order valence-corrected chi connectivity index (χ0v) is 12.6. The van der Waals surface area contributed by atoms with Crippen LogP contribution in [0.1, 0.15) is 47.0 Å². The third-order valence-electron chi connectivity index (χ3n) is 3.34. The Kier molecular flexibility index (Phi) is 5.55. The minimum absolute atomic E-state index is 0.324. The lowest BCUT2D eigenvalue weighted by atomic mass is 10.0. The van der Waals surface area contributed by atoms with Gasteiger partial charge in [0.05, 0.1) is 0 Å². The van der Waals surface area contributed by atoms with Crippen LogP contribution in [0.15, 0.2) is 34.9 Å². The van der Waals surface area contributed by atoms with E-state index in [4.69, 9.17) is 9.47 Å². The molecule has 1 aliphatic heterocycles. The SMILES string of the molecule is CO[C@@]1(C/C=C(\C)CCC=C(C)C)OC(=O)C=C1C. The van der Waals surface area contributed by atoms with Crippen LogP contribution in [0.5, 0.6) is 0 Å². The molecule has 1 atom stereocenters. The van der Waals surface area contributed by atoms with E-state index in [1.54, 1.807) is 7.11 Å². The molecule has 0 aromatic carbocycles. The van der Waals surface area contributed by atoms with Gasteiger partial charge in [-0.25, -0.2) is 4.79 Å². The van der Waals surface area contributed by atoms with Crippen LogP contribution in [0.25, 0.3) is 0 Å².